The van der Waals surface area contributed by atoms with Crippen molar-refractivity contribution in [3.63, 3.8) is 0 Å². The zero-order chi connectivity index (χ0) is 20.8. The van der Waals surface area contributed by atoms with Crippen LogP contribution in [0.25, 0.3) is 0 Å². The Kier molecular flexibility index (Phi) is 5.64. The maximum atomic E-state index is 12.3. The third-order valence-corrected chi connectivity index (χ3v) is 3.69. The van der Waals surface area contributed by atoms with Gasteiger partial charge in [-0.2, -0.15) is 5.11 Å². The molecule has 0 amide bonds. The van der Waals surface area contributed by atoms with Gasteiger partial charge in [-0.3, -0.25) is 10.1 Å². The second kappa shape index (κ2) is 8.48. The molecule has 29 heavy (non-hydrogen) atoms. The van der Waals surface area contributed by atoms with E-state index in [2.05, 4.69) is 15.4 Å². The van der Waals surface area contributed by atoms with Gasteiger partial charge in [0.2, 0.25) is 0 Å². The number of esters is 1. The van der Waals surface area contributed by atoms with Crippen molar-refractivity contribution in [3.8, 4) is 11.5 Å². The molecule has 0 bridgehead atoms. The van der Waals surface area contributed by atoms with Crippen LogP contribution in [0.3, 0.4) is 0 Å². The predicted molar refractivity (Wildman–Crippen MR) is 102 cm³/mol. The van der Waals surface area contributed by atoms with Gasteiger partial charge in [0, 0.05) is 6.07 Å². The van der Waals surface area contributed by atoms with Crippen molar-refractivity contribution in [2.24, 2.45) is 15.4 Å². The Morgan fingerprint density at radius 1 is 0.966 bits per heavy atom. The molecule has 0 aliphatic carbocycles. The van der Waals surface area contributed by atoms with Crippen LogP contribution in [0.5, 0.6) is 11.5 Å². The molecule has 1 N–H and O–H groups in total. The second-order valence-electron chi connectivity index (χ2n) is 5.63. The molecule has 0 saturated carbocycles. The standard InChI is InChI=1S/C19H12N4O6/c24-18-9-7-12(10-15(18)19(25)29-14-4-2-1-3-5-14)20-21-16-8-6-13(22-26)11-17(16)23(27)28/h1-11,24H. The lowest BCUT2D eigenvalue weighted by atomic mass is 10.2. The van der Waals surface area contributed by atoms with Crippen LogP contribution >= 0.6 is 0 Å². The molecule has 144 valence electrons. The van der Waals surface area contributed by atoms with Gasteiger partial charge in [-0.15, -0.1) is 10.0 Å². The van der Waals surface area contributed by atoms with Crippen LogP contribution in [-0.2, 0) is 0 Å². The topological polar surface area (TPSA) is 144 Å². The summed E-state index contributed by atoms with van der Waals surface area (Å²) in [6.07, 6.45) is 0. The number of benzene rings is 3. The summed E-state index contributed by atoms with van der Waals surface area (Å²) in [4.78, 5) is 33.2. The first-order valence-electron chi connectivity index (χ1n) is 8.11. The highest BCUT2D eigenvalue weighted by atomic mass is 16.6. The van der Waals surface area contributed by atoms with Crippen molar-refractivity contribution in [2.45, 2.75) is 0 Å². The normalized spacial score (nSPS) is 10.6. The zero-order valence-corrected chi connectivity index (χ0v) is 14.6. The van der Waals surface area contributed by atoms with Gasteiger partial charge in [-0.25, -0.2) is 4.79 Å². The van der Waals surface area contributed by atoms with Crippen molar-refractivity contribution in [1.29, 1.82) is 0 Å². The first kappa shape index (κ1) is 19.3. The van der Waals surface area contributed by atoms with Crippen LogP contribution in [0, 0.1) is 15.0 Å². The third-order valence-electron chi connectivity index (χ3n) is 3.69. The fourth-order valence-corrected chi connectivity index (χ4v) is 2.31. The Balaban J connectivity index is 1.87. The summed E-state index contributed by atoms with van der Waals surface area (Å²) in [6, 6.07) is 15.6. The van der Waals surface area contributed by atoms with E-state index in [4.69, 9.17) is 4.74 Å². The van der Waals surface area contributed by atoms with Gasteiger partial charge in [-0.05, 0) is 47.6 Å². The SMILES string of the molecule is O=Nc1ccc(N=Nc2ccc(O)c(C(=O)Oc3ccccc3)c2)c([N+](=O)[O-])c1. The number of rotatable bonds is 6. The number of nitro groups is 1. The minimum absolute atomic E-state index is 0.108. The number of ether oxygens (including phenoxy) is 1. The van der Waals surface area contributed by atoms with Gasteiger partial charge in [0.15, 0.2) is 5.69 Å². The van der Waals surface area contributed by atoms with Crippen LogP contribution in [0.4, 0.5) is 22.7 Å². The average molecular weight is 392 g/mol. The van der Waals surface area contributed by atoms with E-state index in [0.717, 1.165) is 6.07 Å². The summed E-state index contributed by atoms with van der Waals surface area (Å²) in [7, 11) is 0. The zero-order valence-electron chi connectivity index (χ0n) is 14.6. The Morgan fingerprint density at radius 3 is 2.38 bits per heavy atom. The molecule has 10 heteroatoms. The average Bonchev–Trinajstić information content (AvgIpc) is 2.73. The summed E-state index contributed by atoms with van der Waals surface area (Å²) in [5.74, 6) is -0.834. The summed E-state index contributed by atoms with van der Waals surface area (Å²) < 4.78 is 5.17. The van der Waals surface area contributed by atoms with Crippen LogP contribution in [0.2, 0.25) is 0 Å². The smallest absolute Gasteiger partial charge is 0.347 e. The molecule has 0 atom stereocenters. The van der Waals surface area contributed by atoms with E-state index in [1.807, 2.05) is 0 Å². The molecule has 3 aromatic rings. The summed E-state index contributed by atoms with van der Waals surface area (Å²) in [5.41, 5.74) is -0.682. The maximum Gasteiger partial charge on any atom is 0.347 e. The van der Waals surface area contributed by atoms with E-state index in [9.17, 15) is 24.9 Å². The maximum absolute atomic E-state index is 12.3. The van der Waals surface area contributed by atoms with Crippen molar-refractivity contribution in [1.82, 2.24) is 0 Å². The summed E-state index contributed by atoms with van der Waals surface area (Å²) in [5, 5.41) is 31.4. The molecule has 0 saturated heterocycles. The Hall–Kier alpha value is -4.47. The molecule has 0 aromatic heterocycles. The van der Waals surface area contributed by atoms with E-state index < -0.39 is 16.6 Å². The van der Waals surface area contributed by atoms with E-state index in [0.29, 0.717) is 5.75 Å². The van der Waals surface area contributed by atoms with Gasteiger partial charge < -0.3 is 9.84 Å². The van der Waals surface area contributed by atoms with Crippen molar-refractivity contribution >= 4 is 28.7 Å². The number of hydrogen-bond donors (Lipinski definition) is 1. The number of azo groups is 1. The Bertz CT molecular complexity index is 1110. The highest BCUT2D eigenvalue weighted by Crippen LogP contribution is 2.33. The third kappa shape index (κ3) is 4.63. The molecule has 3 rings (SSSR count). The van der Waals surface area contributed by atoms with E-state index in [1.165, 1.54) is 30.3 Å². The molecule has 10 nitrogen and oxygen atoms in total. The van der Waals surface area contributed by atoms with Crippen molar-refractivity contribution in [3.05, 3.63) is 87.3 Å². The largest absolute Gasteiger partial charge is 0.507 e. The number of hydrogen-bond acceptors (Lipinski definition) is 9. The number of carbonyl (C=O) groups excluding carboxylic acids is 1. The molecule has 0 spiro atoms. The van der Waals surface area contributed by atoms with E-state index >= 15 is 0 Å². The van der Waals surface area contributed by atoms with Gasteiger partial charge in [-0.1, -0.05) is 18.2 Å². The highest BCUT2D eigenvalue weighted by Gasteiger charge is 2.16. The van der Waals surface area contributed by atoms with Crippen LogP contribution in [0.1, 0.15) is 10.4 Å². The number of para-hydroxylation sites is 1. The monoisotopic (exact) mass is 392 g/mol. The quantitative estimate of drug-likeness (QED) is 0.150. The second-order valence-corrected chi connectivity index (χ2v) is 5.63. The van der Waals surface area contributed by atoms with E-state index in [-0.39, 0.29) is 28.4 Å². The number of nitro benzene ring substituents is 1. The number of phenols is 1. The lowest BCUT2D eigenvalue weighted by Gasteiger charge is -2.06. The highest BCUT2D eigenvalue weighted by molar-refractivity contribution is 5.94. The molecular formula is C19H12N4O6. The lowest BCUT2D eigenvalue weighted by molar-refractivity contribution is -0.384. The molecule has 0 aliphatic heterocycles. The first-order chi connectivity index (χ1) is 14.0. The fourth-order valence-electron chi connectivity index (χ4n) is 2.31. The summed E-state index contributed by atoms with van der Waals surface area (Å²) >= 11 is 0. The van der Waals surface area contributed by atoms with Crippen molar-refractivity contribution in [2.75, 3.05) is 0 Å². The minimum Gasteiger partial charge on any atom is -0.507 e. The van der Waals surface area contributed by atoms with E-state index in [1.54, 1.807) is 30.3 Å². The lowest BCUT2D eigenvalue weighted by Crippen LogP contribution is -2.08. The Labute approximate surface area is 163 Å². The first-order valence-corrected chi connectivity index (χ1v) is 8.11. The minimum atomic E-state index is -0.807. The van der Waals surface area contributed by atoms with Crippen LogP contribution < -0.4 is 4.74 Å². The van der Waals surface area contributed by atoms with Gasteiger partial charge in [0.25, 0.3) is 5.69 Å². The van der Waals surface area contributed by atoms with Gasteiger partial charge >= 0.3 is 5.97 Å². The molecule has 0 fully saturated rings. The molecule has 0 radical (unpaired) electrons. The van der Waals surface area contributed by atoms with Crippen LogP contribution in [0.15, 0.2) is 82.1 Å². The Morgan fingerprint density at radius 2 is 1.69 bits per heavy atom. The van der Waals surface area contributed by atoms with Gasteiger partial charge in [0.1, 0.15) is 22.7 Å². The number of nitroso groups, excluding NO2 is 1. The summed E-state index contributed by atoms with van der Waals surface area (Å²) in [6.45, 7) is 0. The fraction of sp³-hybridized carbons (Fsp3) is 0. The molecular weight excluding hydrogens is 380 g/mol. The number of carbonyl (C=O) groups is 1. The molecule has 0 aliphatic rings. The predicted octanol–water partition coefficient (Wildman–Crippen LogP) is 5.33. The molecule has 3 aromatic carbocycles. The van der Waals surface area contributed by atoms with Crippen molar-refractivity contribution < 1.29 is 19.6 Å². The van der Waals surface area contributed by atoms with Crippen LogP contribution in [-0.4, -0.2) is 16.0 Å². The molecule has 0 heterocycles. The number of phenolic OH excluding ortho intramolecular Hbond substituents is 1. The number of nitrogens with zero attached hydrogens (tertiary/aromatic N) is 4. The number of aromatic hydroxyl groups is 1. The van der Waals surface area contributed by atoms with Gasteiger partial charge in [0.05, 0.1) is 10.6 Å². The molecule has 0 unspecified atom stereocenters.